The number of hydrogen-bond acceptors (Lipinski definition) is 5. The van der Waals surface area contributed by atoms with E-state index in [0.29, 0.717) is 30.7 Å². The molecule has 6 heteroatoms. The highest BCUT2D eigenvalue weighted by Gasteiger charge is 2.22. The molecule has 0 spiro atoms. The molecule has 0 aromatic carbocycles. The van der Waals surface area contributed by atoms with Gasteiger partial charge in [-0.2, -0.15) is 0 Å². The van der Waals surface area contributed by atoms with Gasteiger partial charge >= 0.3 is 0 Å². The molecule has 0 amide bonds. The van der Waals surface area contributed by atoms with Gasteiger partial charge in [0.15, 0.2) is 0 Å². The fourth-order valence-corrected chi connectivity index (χ4v) is 1.85. The van der Waals surface area contributed by atoms with Gasteiger partial charge in [-0.15, -0.1) is 0 Å². The lowest BCUT2D eigenvalue weighted by Crippen LogP contribution is -2.47. The summed E-state index contributed by atoms with van der Waals surface area (Å²) in [6.07, 6.45) is 1.64. The second kappa shape index (κ2) is 5.54. The number of aromatic nitrogens is 2. The van der Waals surface area contributed by atoms with Crippen molar-refractivity contribution in [1.29, 1.82) is 0 Å². The Bertz CT molecular complexity index is 351. The number of nitrogens with zero attached hydrogens (tertiary/aromatic N) is 3. The minimum Gasteiger partial charge on any atom is -0.395 e. The van der Waals surface area contributed by atoms with Crippen molar-refractivity contribution in [2.75, 3.05) is 26.4 Å². The van der Waals surface area contributed by atoms with Gasteiger partial charge in [0.2, 0.25) is 0 Å². The lowest BCUT2D eigenvalue weighted by Gasteiger charge is -2.33. The zero-order chi connectivity index (χ0) is 11.4. The zero-order valence-electron chi connectivity index (χ0n) is 8.84. The second-order valence-corrected chi connectivity index (χ2v) is 4.06. The van der Waals surface area contributed by atoms with Crippen LogP contribution in [-0.4, -0.2) is 52.4 Å². The van der Waals surface area contributed by atoms with Crippen LogP contribution in [0.4, 0.5) is 0 Å². The maximum absolute atomic E-state index is 9.21. The molecular weight excluding hydrogens is 230 g/mol. The summed E-state index contributed by atoms with van der Waals surface area (Å²) >= 11 is 5.79. The fourth-order valence-electron chi connectivity index (χ4n) is 1.70. The highest BCUT2D eigenvalue weighted by atomic mass is 35.5. The SMILES string of the molecule is OCC1COCCN1Cc1nccc(Cl)n1. The van der Waals surface area contributed by atoms with Gasteiger partial charge in [0.05, 0.1) is 32.4 Å². The number of hydrogen-bond donors (Lipinski definition) is 1. The van der Waals surface area contributed by atoms with E-state index < -0.39 is 0 Å². The molecule has 0 bridgehead atoms. The van der Waals surface area contributed by atoms with Crippen molar-refractivity contribution in [3.8, 4) is 0 Å². The van der Waals surface area contributed by atoms with Gasteiger partial charge < -0.3 is 9.84 Å². The Morgan fingerprint density at radius 2 is 2.50 bits per heavy atom. The Balaban J connectivity index is 2.02. The molecule has 1 aliphatic heterocycles. The molecule has 1 aromatic rings. The molecule has 1 fully saturated rings. The second-order valence-electron chi connectivity index (χ2n) is 3.68. The Morgan fingerprint density at radius 1 is 1.62 bits per heavy atom. The van der Waals surface area contributed by atoms with Crippen LogP contribution in [0.15, 0.2) is 12.3 Å². The quantitative estimate of drug-likeness (QED) is 0.775. The largest absolute Gasteiger partial charge is 0.395 e. The summed E-state index contributed by atoms with van der Waals surface area (Å²) in [5.74, 6) is 0.674. The summed E-state index contributed by atoms with van der Waals surface area (Å²) < 4.78 is 5.30. The van der Waals surface area contributed by atoms with Crippen molar-refractivity contribution in [2.24, 2.45) is 0 Å². The van der Waals surface area contributed by atoms with E-state index in [1.165, 1.54) is 0 Å². The number of ether oxygens (including phenoxy) is 1. The molecule has 1 atom stereocenters. The minimum absolute atomic E-state index is 0.0244. The molecule has 16 heavy (non-hydrogen) atoms. The van der Waals surface area contributed by atoms with Crippen molar-refractivity contribution in [3.05, 3.63) is 23.2 Å². The first-order valence-electron chi connectivity index (χ1n) is 5.19. The third-order valence-electron chi connectivity index (χ3n) is 2.58. The van der Waals surface area contributed by atoms with E-state index >= 15 is 0 Å². The van der Waals surface area contributed by atoms with Crippen molar-refractivity contribution in [2.45, 2.75) is 12.6 Å². The van der Waals surface area contributed by atoms with Crippen LogP contribution >= 0.6 is 11.6 Å². The lowest BCUT2D eigenvalue weighted by molar-refractivity contribution is -0.0322. The highest BCUT2D eigenvalue weighted by Crippen LogP contribution is 2.11. The fraction of sp³-hybridized carbons (Fsp3) is 0.600. The average Bonchev–Trinajstić information content (AvgIpc) is 2.30. The number of aliphatic hydroxyl groups is 1. The maximum atomic E-state index is 9.21. The molecule has 1 N–H and O–H groups in total. The molecule has 2 heterocycles. The molecule has 5 nitrogen and oxygen atoms in total. The lowest BCUT2D eigenvalue weighted by atomic mass is 10.2. The van der Waals surface area contributed by atoms with Gasteiger partial charge in [-0.1, -0.05) is 11.6 Å². The molecule has 0 saturated carbocycles. The zero-order valence-corrected chi connectivity index (χ0v) is 9.60. The van der Waals surface area contributed by atoms with Crippen LogP contribution in [0.25, 0.3) is 0 Å². The molecule has 1 unspecified atom stereocenters. The van der Waals surface area contributed by atoms with E-state index in [0.717, 1.165) is 6.54 Å². The standard InChI is InChI=1S/C10H14ClN3O2/c11-9-1-2-12-10(13-9)5-14-3-4-16-7-8(14)6-15/h1-2,8,15H,3-7H2. The van der Waals surface area contributed by atoms with Crippen molar-refractivity contribution >= 4 is 11.6 Å². The molecule has 0 radical (unpaired) electrons. The van der Waals surface area contributed by atoms with E-state index in [-0.39, 0.29) is 12.6 Å². The molecule has 2 rings (SSSR count). The predicted molar refractivity (Wildman–Crippen MR) is 59.1 cm³/mol. The first kappa shape index (κ1) is 11.7. The summed E-state index contributed by atoms with van der Waals surface area (Å²) in [6, 6.07) is 1.67. The number of morpholine rings is 1. The van der Waals surface area contributed by atoms with Crippen LogP contribution in [0, 0.1) is 0 Å². The average molecular weight is 244 g/mol. The Labute approximate surface area is 99.0 Å². The molecule has 1 aromatic heterocycles. The van der Waals surface area contributed by atoms with E-state index in [2.05, 4.69) is 14.9 Å². The summed E-state index contributed by atoms with van der Waals surface area (Å²) in [5.41, 5.74) is 0. The third kappa shape index (κ3) is 2.89. The molecule has 1 saturated heterocycles. The van der Waals surface area contributed by atoms with Gasteiger partial charge in [0.1, 0.15) is 11.0 Å². The van der Waals surface area contributed by atoms with Crippen LogP contribution in [-0.2, 0) is 11.3 Å². The molecule has 1 aliphatic rings. The molecule has 88 valence electrons. The Kier molecular flexibility index (Phi) is 4.06. The summed E-state index contributed by atoms with van der Waals surface area (Å²) in [7, 11) is 0. The summed E-state index contributed by atoms with van der Waals surface area (Å²) in [5, 5.41) is 9.65. The first-order chi connectivity index (χ1) is 7.79. The number of halogens is 1. The Hall–Kier alpha value is -0.750. The van der Waals surface area contributed by atoms with E-state index in [1.807, 2.05) is 0 Å². The van der Waals surface area contributed by atoms with Gasteiger partial charge in [0, 0.05) is 12.7 Å². The molecular formula is C10H14ClN3O2. The van der Waals surface area contributed by atoms with Gasteiger partial charge in [-0.3, -0.25) is 4.90 Å². The van der Waals surface area contributed by atoms with E-state index in [4.69, 9.17) is 16.3 Å². The van der Waals surface area contributed by atoms with Crippen LogP contribution in [0.2, 0.25) is 5.15 Å². The topological polar surface area (TPSA) is 58.5 Å². The Morgan fingerprint density at radius 3 is 3.25 bits per heavy atom. The predicted octanol–water partition coefficient (Wildman–Crippen LogP) is 0.323. The summed E-state index contributed by atoms with van der Waals surface area (Å²) in [6.45, 7) is 2.69. The maximum Gasteiger partial charge on any atom is 0.143 e. The number of rotatable bonds is 3. The van der Waals surface area contributed by atoms with Crippen LogP contribution in [0.3, 0.4) is 0 Å². The summed E-state index contributed by atoms with van der Waals surface area (Å²) in [4.78, 5) is 10.4. The van der Waals surface area contributed by atoms with Gasteiger partial charge in [-0.05, 0) is 6.07 Å². The van der Waals surface area contributed by atoms with Crippen molar-refractivity contribution < 1.29 is 9.84 Å². The van der Waals surface area contributed by atoms with Crippen LogP contribution < -0.4 is 0 Å². The monoisotopic (exact) mass is 243 g/mol. The minimum atomic E-state index is 0.0244. The third-order valence-corrected chi connectivity index (χ3v) is 2.79. The number of aliphatic hydroxyl groups excluding tert-OH is 1. The highest BCUT2D eigenvalue weighted by molar-refractivity contribution is 6.29. The van der Waals surface area contributed by atoms with Crippen LogP contribution in [0.1, 0.15) is 5.82 Å². The molecule has 0 aliphatic carbocycles. The van der Waals surface area contributed by atoms with E-state index in [9.17, 15) is 5.11 Å². The normalized spacial score (nSPS) is 22.2. The van der Waals surface area contributed by atoms with E-state index in [1.54, 1.807) is 12.3 Å². The van der Waals surface area contributed by atoms with Crippen molar-refractivity contribution in [1.82, 2.24) is 14.9 Å². The van der Waals surface area contributed by atoms with Crippen molar-refractivity contribution in [3.63, 3.8) is 0 Å². The van der Waals surface area contributed by atoms with Gasteiger partial charge in [0.25, 0.3) is 0 Å². The first-order valence-corrected chi connectivity index (χ1v) is 5.57. The smallest absolute Gasteiger partial charge is 0.143 e. The van der Waals surface area contributed by atoms with Gasteiger partial charge in [-0.25, -0.2) is 9.97 Å². The van der Waals surface area contributed by atoms with Crippen LogP contribution in [0.5, 0.6) is 0 Å².